The van der Waals surface area contributed by atoms with Crippen molar-refractivity contribution in [3.05, 3.63) is 42.2 Å². The number of benzene rings is 1. The molecular weight excluding hydrogens is 302 g/mol. The van der Waals surface area contributed by atoms with Gasteiger partial charge in [0, 0.05) is 26.1 Å². The summed E-state index contributed by atoms with van der Waals surface area (Å²) in [6.45, 7) is 8.17. The quantitative estimate of drug-likeness (QED) is 0.628. The number of imidazole rings is 1. The number of para-hydroxylation sites is 2. The molecule has 2 heterocycles. The van der Waals surface area contributed by atoms with E-state index in [4.69, 9.17) is 9.72 Å². The lowest BCUT2D eigenvalue weighted by atomic mass is 10.2. The Balaban J connectivity index is 1.60. The van der Waals surface area contributed by atoms with Crippen molar-refractivity contribution in [1.82, 2.24) is 14.9 Å². The molecule has 0 saturated carbocycles. The Hall–Kier alpha value is -2.14. The van der Waals surface area contributed by atoms with Crippen LogP contribution in [-0.4, -0.2) is 34.7 Å². The van der Waals surface area contributed by atoms with Crippen molar-refractivity contribution in [2.75, 3.05) is 13.2 Å². The number of hydrogen-bond donors (Lipinski definition) is 1. The maximum atomic E-state index is 11.9. The number of carbonyl (C=O) groups excluding carboxylic acids is 1. The second-order valence-electron chi connectivity index (χ2n) is 6.46. The highest BCUT2D eigenvalue weighted by atomic mass is 16.5. The van der Waals surface area contributed by atoms with E-state index in [0.29, 0.717) is 13.2 Å². The van der Waals surface area contributed by atoms with E-state index in [0.717, 1.165) is 54.7 Å². The highest BCUT2D eigenvalue weighted by molar-refractivity contribution is 5.80. The molecular formula is C19H25N3O2. The molecule has 3 rings (SSSR count). The van der Waals surface area contributed by atoms with Gasteiger partial charge in [0.1, 0.15) is 11.9 Å². The molecule has 1 amide bonds. The number of hydrogen-bond acceptors (Lipinski definition) is 3. The zero-order valence-corrected chi connectivity index (χ0v) is 14.3. The van der Waals surface area contributed by atoms with Gasteiger partial charge in [0.15, 0.2) is 0 Å². The number of rotatable bonds is 7. The van der Waals surface area contributed by atoms with Crippen LogP contribution in [0.15, 0.2) is 36.4 Å². The van der Waals surface area contributed by atoms with E-state index in [9.17, 15) is 4.79 Å². The van der Waals surface area contributed by atoms with Crippen molar-refractivity contribution in [2.24, 2.45) is 0 Å². The van der Waals surface area contributed by atoms with Gasteiger partial charge in [-0.25, -0.2) is 4.98 Å². The average Bonchev–Trinajstić information content (AvgIpc) is 3.20. The largest absolute Gasteiger partial charge is 0.368 e. The number of aryl methyl sites for hydroxylation is 1. The minimum Gasteiger partial charge on any atom is -0.368 e. The Morgan fingerprint density at radius 2 is 2.29 bits per heavy atom. The van der Waals surface area contributed by atoms with Gasteiger partial charge in [0.25, 0.3) is 0 Å². The van der Waals surface area contributed by atoms with Gasteiger partial charge < -0.3 is 14.6 Å². The first-order valence-corrected chi connectivity index (χ1v) is 8.63. The Labute approximate surface area is 142 Å². The standard InChI is InChI=1S/C19H25N3O2/c1-14(2)13-22-16-8-4-3-7-15(16)21-18(22)10-5-11-20-19(23)17-9-6-12-24-17/h3-4,7-8,17H,1,5-6,9-13H2,2H3,(H,20,23). The van der Waals surface area contributed by atoms with Crippen LogP contribution in [-0.2, 0) is 22.5 Å². The molecule has 5 heteroatoms. The lowest BCUT2D eigenvalue weighted by Crippen LogP contribution is -2.34. The van der Waals surface area contributed by atoms with Gasteiger partial charge >= 0.3 is 0 Å². The highest BCUT2D eigenvalue weighted by Gasteiger charge is 2.22. The number of amides is 1. The van der Waals surface area contributed by atoms with Gasteiger partial charge in [0.2, 0.25) is 5.91 Å². The van der Waals surface area contributed by atoms with Gasteiger partial charge in [0.05, 0.1) is 11.0 Å². The second-order valence-corrected chi connectivity index (χ2v) is 6.46. The van der Waals surface area contributed by atoms with E-state index in [2.05, 4.69) is 22.5 Å². The highest BCUT2D eigenvalue weighted by Crippen LogP contribution is 2.18. The van der Waals surface area contributed by atoms with E-state index < -0.39 is 0 Å². The molecule has 24 heavy (non-hydrogen) atoms. The third-order valence-electron chi connectivity index (χ3n) is 4.26. The lowest BCUT2D eigenvalue weighted by Gasteiger charge is -2.11. The first kappa shape index (κ1) is 16.7. The summed E-state index contributed by atoms with van der Waals surface area (Å²) in [7, 11) is 0. The van der Waals surface area contributed by atoms with Crippen LogP contribution in [0.4, 0.5) is 0 Å². The normalized spacial score (nSPS) is 17.3. The molecule has 1 atom stereocenters. The molecule has 1 N–H and O–H groups in total. The van der Waals surface area contributed by atoms with Crippen LogP contribution in [0.25, 0.3) is 11.0 Å². The van der Waals surface area contributed by atoms with Crippen LogP contribution >= 0.6 is 0 Å². The lowest BCUT2D eigenvalue weighted by molar-refractivity contribution is -0.130. The van der Waals surface area contributed by atoms with E-state index in [1.54, 1.807) is 0 Å². The maximum absolute atomic E-state index is 11.9. The van der Waals surface area contributed by atoms with E-state index in [-0.39, 0.29) is 12.0 Å². The number of nitrogens with one attached hydrogen (secondary N) is 1. The topological polar surface area (TPSA) is 56.2 Å². The summed E-state index contributed by atoms with van der Waals surface area (Å²) in [6, 6.07) is 8.16. The first-order chi connectivity index (χ1) is 11.6. The third-order valence-corrected chi connectivity index (χ3v) is 4.26. The van der Waals surface area contributed by atoms with E-state index >= 15 is 0 Å². The van der Waals surface area contributed by atoms with Gasteiger partial charge in [-0.15, -0.1) is 0 Å². The molecule has 1 fully saturated rings. The molecule has 0 bridgehead atoms. The third kappa shape index (κ3) is 3.85. The van der Waals surface area contributed by atoms with E-state index in [1.165, 1.54) is 0 Å². The van der Waals surface area contributed by atoms with Crippen molar-refractivity contribution in [3.63, 3.8) is 0 Å². The van der Waals surface area contributed by atoms with Crippen molar-refractivity contribution in [2.45, 2.75) is 45.3 Å². The smallest absolute Gasteiger partial charge is 0.249 e. The summed E-state index contributed by atoms with van der Waals surface area (Å²) < 4.78 is 7.62. The molecule has 1 saturated heterocycles. The molecule has 0 aliphatic carbocycles. The number of allylic oxidation sites excluding steroid dienone is 1. The summed E-state index contributed by atoms with van der Waals surface area (Å²) in [5.41, 5.74) is 3.25. The Morgan fingerprint density at radius 3 is 3.04 bits per heavy atom. The summed E-state index contributed by atoms with van der Waals surface area (Å²) in [5, 5.41) is 2.97. The zero-order valence-electron chi connectivity index (χ0n) is 14.3. The molecule has 0 radical (unpaired) electrons. The molecule has 1 aromatic heterocycles. The fourth-order valence-electron chi connectivity index (χ4n) is 3.12. The van der Waals surface area contributed by atoms with Crippen molar-refractivity contribution < 1.29 is 9.53 Å². The van der Waals surface area contributed by atoms with E-state index in [1.807, 2.05) is 25.1 Å². The van der Waals surface area contributed by atoms with Gasteiger partial charge in [-0.1, -0.05) is 24.3 Å². The monoisotopic (exact) mass is 327 g/mol. The maximum Gasteiger partial charge on any atom is 0.249 e. The number of nitrogens with zero attached hydrogens (tertiary/aromatic N) is 2. The molecule has 1 unspecified atom stereocenters. The van der Waals surface area contributed by atoms with Crippen LogP contribution in [0.5, 0.6) is 0 Å². The SMILES string of the molecule is C=C(C)Cn1c(CCCNC(=O)C2CCCO2)nc2ccccc21. The molecule has 2 aromatic rings. The van der Waals surface area contributed by atoms with Crippen LogP contribution in [0.1, 0.15) is 32.0 Å². The molecule has 5 nitrogen and oxygen atoms in total. The number of aromatic nitrogens is 2. The Bertz CT molecular complexity index is 729. The predicted molar refractivity (Wildman–Crippen MR) is 94.9 cm³/mol. The second kappa shape index (κ2) is 7.62. The average molecular weight is 327 g/mol. The minimum atomic E-state index is -0.252. The molecule has 1 aliphatic rings. The summed E-state index contributed by atoms with van der Waals surface area (Å²) >= 11 is 0. The fraction of sp³-hybridized carbons (Fsp3) is 0.474. The van der Waals surface area contributed by atoms with Crippen LogP contribution in [0.2, 0.25) is 0 Å². The molecule has 1 aromatic carbocycles. The number of ether oxygens (including phenoxy) is 1. The van der Waals surface area contributed by atoms with Crippen LogP contribution < -0.4 is 5.32 Å². The van der Waals surface area contributed by atoms with Gasteiger partial charge in [-0.3, -0.25) is 4.79 Å². The van der Waals surface area contributed by atoms with Crippen molar-refractivity contribution in [1.29, 1.82) is 0 Å². The molecule has 128 valence electrons. The molecule has 1 aliphatic heterocycles. The minimum absolute atomic E-state index is 0.0166. The summed E-state index contributed by atoms with van der Waals surface area (Å²) in [4.78, 5) is 16.7. The number of carbonyl (C=O) groups is 1. The number of fused-ring (bicyclic) bond motifs is 1. The van der Waals surface area contributed by atoms with Crippen molar-refractivity contribution in [3.8, 4) is 0 Å². The van der Waals surface area contributed by atoms with Gasteiger partial charge in [-0.05, 0) is 38.3 Å². The first-order valence-electron chi connectivity index (χ1n) is 8.63. The van der Waals surface area contributed by atoms with Crippen LogP contribution in [0, 0.1) is 0 Å². The van der Waals surface area contributed by atoms with Gasteiger partial charge in [-0.2, -0.15) is 0 Å². The molecule has 0 spiro atoms. The zero-order chi connectivity index (χ0) is 16.9. The predicted octanol–water partition coefficient (Wildman–Crippen LogP) is 2.84. The fourth-order valence-corrected chi connectivity index (χ4v) is 3.12. The summed E-state index contributed by atoms with van der Waals surface area (Å²) in [6.07, 6.45) is 3.24. The van der Waals surface area contributed by atoms with Crippen LogP contribution in [0.3, 0.4) is 0 Å². The van der Waals surface area contributed by atoms with Crippen molar-refractivity contribution >= 4 is 16.9 Å². The Kier molecular flexibility index (Phi) is 5.30. The Morgan fingerprint density at radius 1 is 1.46 bits per heavy atom. The summed E-state index contributed by atoms with van der Waals surface area (Å²) in [5.74, 6) is 1.06.